The van der Waals surface area contributed by atoms with Crippen LogP contribution in [0.5, 0.6) is 5.75 Å². The van der Waals surface area contributed by atoms with Crippen molar-refractivity contribution in [3.63, 3.8) is 0 Å². The number of ether oxygens (including phenoxy) is 3. The molecule has 0 bridgehead atoms. The summed E-state index contributed by atoms with van der Waals surface area (Å²) in [7, 11) is 0.441. The molecule has 2 aliphatic rings. The van der Waals surface area contributed by atoms with E-state index in [-0.39, 0.29) is 13.1 Å². The lowest BCUT2D eigenvalue weighted by atomic mass is 9.95. The van der Waals surface area contributed by atoms with E-state index in [4.69, 9.17) is 30.6 Å². The van der Waals surface area contributed by atoms with Crippen LogP contribution in [0, 0.1) is 0 Å². The molecule has 0 spiro atoms. The van der Waals surface area contributed by atoms with E-state index in [1.54, 1.807) is 18.2 Å². The normalized spacial score (nSPS) is 16.3. The molecule has 10 heteroatoms. The Balaban J connectivity index is 1.34. The van der Waals surface area contributed by atoms with Gasteiger partial charge < -0.3 is 19.1 Å². The van der Waals surface area contributed by atoms with Crippen LogP contribution in [-0.2, 0) is 29.0 Å². The van der Waals surface area contributed by atoms with Gasteiger partial charge in [-0.15, -0.1) is 0 Å². The number of fused-ring (bicyclic) bond motifs is 2. The molecule has 0 atom stereocenters. The second-order valence-electron chi connectivity index (χ2n) is 14.3. The zero-order valence-electron chi connectivity index (χ0n) is 28.6. The van der Waals surface area contributed by atoms with Crippen molar-refractivity contribution >= 4 is 25.2 Å². The van der Waals surface area contributed by atoms with Gasteiger partial charge in [-0.3, -0.25) is 4.98 Å². The Kier molecular flexibility index (Phi) is 8.12. The van der Waals surface area contributed by atoms with E-state index < -0.39 is 25.7 Å². The SMILES string of the molecule is [2H]C1(c2ccc(-c3nn(COCC[Si](C)(C)C)c4cc(OC)c(-c5cccc6c5CCC6)nc34)cn2)CN(C(=O)OC(C)(C)C)C1. The van der Waals surface area contributed by atoms with Crippen molar-refractivity contribution in [1.82, 2.24) is 24.6 Å². The third-order valence-electron chi connectivity index (χ3n) is 8.34. The molecule has 4 heterocycles. The molecular formula is C35H45N5O4Si. The minimum atomic E-state index is -1.25. The molecule has 1 amide bonds. The summed E-state index contributed by atoms with van der Waals surface area (Å²) in [6, 6.07) is 13.3. The van der Waals surface area contributed by atoms with Crippen LogP contribution < -0.4 is 4.74 Å². The second-order valence-corrected chi connectivity index (χ2v) is 19.9. The van der Waals surface area contributed by atoms with Crippen molar-refractivity contribution in [2.24, 2.45) is 0 Å². The Hall–Kier alpha value is -3.76. The number of hydrogen-bond acceptors (Lipinski definition) is 7. The minimum absolute atomic E-state index is 0.229. The van der Waals surface area contributed by atoms with Gasteiger partial charge in [0.05, 0.1) is 12.6 Å². The van der Waals surface area contributed by atoms with Gasteiger partial charge in [-0.05, 0) is 69.3 Å². The molecule has 1 aliphatic carbocycles. The van der Waals surface area contributed by atoms with Crippen LogP contribution in [0.4, 0.5) is 4.79 Å². The summed E-state index contributed by atoms with van der Waals surface area (Å²) in [4.78, 5) is 24.0. The highest BCUT2D eigenvalue weighted by atomic mass is 28.3. The highest BCUT2D eigenvalue weighted by molar-refractivity contribution is 6.76. The summed E-state index contributed by atoms with van der Waals surface area (Å²) in [5.74, 6) is -0.292. The van der Waals surface area contributed by atoms with Crippen LogP contribution in [-0.4, -0.2) is 71.2 Å². The fraction of sp³-hybridized carbons (Fsp3) is 0.486. The Morgan fingerprint density at radius 2 is 1.91 bits per heavy atom. The zero-order valence-corrected chi connectivity index (χ0v) is 28.6. The maximum Gasteiger partial charge on any atom is 0.410 e. The number of benzene rings is 1. The van der Waals surface area contributed by atoms with Crippen molar-refractivity contribution in [3.05, 3.63) is 59.4 Å². The lowest BCUT2D eigenvalue weighted by Gasteiger charge is -2.39. The third-order valence-corrected chi connectivity index (χ3v) is 10.0. The fourth-order valence-corrected chi connectivity index (χ4v) is 6.62. The summed E-state index contributed by atoms with van der Waals surface area (Å²) in [6.45, 7) is 14.0. The van der Waals surface area contributed by atoms with E-state index in [1.165, 1.54) is 11.1 Å². The summed E-state index contributed by atoms with van der Waals surface area (Å²) < 4.78 is 28.3. The van der Waals surface area contributed by atoms with E-state index in [0.29, 0.717) is 30.5 Å². The standard InChI is InChI=1S/C35H45N5O4Si/c1-35(2,3)44-34(41)39-20-25(21-39)28-15-14-24(19-36-28)31-33-29(40(38-31)22-43-16-17-45(5,6)7)18-30(42-4)32(37-33)27-13-9-11-23-10-8-12-26(23)27/h9,11,13-15,18-19,25H,8,10,12,16-17,20-22H2,1-7H3/i25D. The van der Waals surface area contributed by atoms with Crippen LogP contribution in [0.1, 0.15) is 51.3 Å². The number of carbonyl (C=O) groups excluding carboxylic acids is 1. The molecule has 0 unspecified atom stereocenters. The molecule has 9 nitrogen and oxygen atoms in total. The quantitative estimate of drug-likeness (QED) is 0.142. The number of hydrogen-bond donors (Lipinski definition) is 0. The number of amides is 1. The van der Waals surface area contributed by atoms with Gasteiger partial charge in [0.1, 0.15) is 35.0 Å². The second kappa shape index (κ2) is 12.2. The van der Waals surface area contributed by atoms with Crippen LogP contribution in [0.3, 0.4) is 0 Å². The van der Waals surface area contributed by atoms with E-state index in [9.17, 15) is 4.79 Å². The number of aromatic nitrogens is 4. The molecule has 0 saturated carbocycles. The Morgan fingerprint density at radius 3 is 2.60 bits per heavy atom. The molecule has 6 rings (SSSR count). The molecule has 3 aromatic heterocycles. The van der Waals surface area contributed by atoms with E-state index in [0.717, 1.165) is 53.2 Å². The number of nitrogens with zero attached hydrogens (tertiary/aromatic N) is 5. The zero-order chi connectivity index (χ0) is 32.9. The van der Waals surface area contributed by atoms with Crippen molar-refractivity contribution in [1.29, 1.82) is 0 Å². The molecule has 1 saturated heterocycles. The lowest BCUT2D eigenvalue weighted by Crippen LogP contribution is -2.50. The smallest absolute Gasteiger partial charge is 0.410 e. The van der Waals surface area contributed by atoms with Crippen molar-refractivity contribution < 1.29 is 20.4 Å². The predicted molar refractivity (Wildman–Crippen MR) is 179 cm³/mol. The number of carbonyl (C=O) groups is 1. The molecule has 0 N–H and O–H groups in total. The monoisotopic (exact) mass is 628 g/mol. The average Bonchev–Trinajstić information content (AvgIpc) is 3.60. The van der Waals surface area contributed by atoms with Crippen LogP contribution in [0.25, 0.3) is 33.5 Å². The van der Waals surface area contributed by atoms with Gasteiger partial charge in [0, 0.05) is 64.1 Å². The topological polar surface area (TPSA) is 91.6 Å². The highest BCUT2D eigenvalue weighted by Gasteiger charge is 2.35. The summed E-state index contributed by atoms with van der Waals surface area (Å²) in [5, 5.41) is 5.00. The molecular weight excluding hydrogens is 583 g/mol. The number of pyridine rings is 2. The Morgan fingerprint density at radius 1 is 1.11 bits per heavy atom. The van der Waals surface area contributed by atoms with Gasteiger partial charge in [0.25, 0.3) is 0 Å². The molecule has 1 aliphatic heterocycles. The maximum atomic E-state index is 12.5. The minimum Gasteiger partial charge on any atom is -0.494 e. The first-order valence-electron chi connectivity index (χ1n) is 16.3. The van der Waals surface area contributed by atoms with Gasteiger partial charge in [-0.1, -0.05) is 37.8 Å². The lowest BCUT2D eigenvalue weighted by molar-refractivity contribution is 0.00787. The predicted octanol–water partition coefficient (Wildman–Crippen LogP) is 7.30. The Labute approximate surface area is 268 Å². The van der Waals surface area contributed by atoms with Gasteiger partial charge in [-0.25, -0.2) is 14.5 Å². The maximum absolute atomic E-state index is 12.5. The van der Waals surface area contributed by atoms with Crippen molar-refractivity contribution in [3.8, 4) is 28.3 Å². The third kappa shape index (κ3) is 6.77. The van der Waals surface area contributed by atoms with Gasteiger partial charge in [-0.2, -0.15) is 5.10 Å². The fourth-order valence-electron chi connectivity index (χ4n) is 5.87. The van der Waals surface area contributed by atoms with Crippen LogP contribution >= 0.6 is 0 Å². The summed E-state index contributed by atoms with van der Waals surface area (Å²) in [6.07, 6.45) is 4.59. The number of rotatable bonds is 9. The Bertz CT molecular complexity index is 1750. The molecule has 45 heavy (non-hydrogen) atoms. The number of aryl methyl sites for hydroxylation is 1. The molecule has 1 aromatic carbocycles. The van der Waals surface area contributed by atoms with Gasteiger partial charge in [0.15, 0.2) is 0 Å². The first-order chi connectivity index (χ1) is 21.7. The highest BCUT2D eigenvalue weighted by Crippen LogP contribution is 2.39. The van der Waals surface area contributed by atoms with Gasteiger partial charge >= 0.3 is 6.09 Å². The van der Waals surface area contributed by atoms with Gasteiger partial charge in [0.2, 0.25) is 0 Å². The van der Waals surface area contributed by atoms with E-state index in [2.05, 4.69) is 37.8 Å². The van der Waals surface area contributed by atoms with E-state index in [1.807, 2.05) is 43.7 Å². The van der Waals surface area contributed by atoms with Crippen molar-refractivity contribution in [2.45, 2.75) is 83.9 Å². The molecule has 0 radical (unpaired) electrons. The first-order valence-corrected chi connectivity index (χ1v) is 19.5. The van der Waals surface area contributed by atoms with E-state index >= 15 is 0 Å². The molecule has 1 fully saturated rings. The van der Waals surface area contributed by atoms with Crippen LogP contribution in [0.2, 0.25) is 25.7 Å². The molecule has 238 valence electrons. The summed E-state index contributed by atoms with van der Waals surface area (Å²) >= 11 is 0. The first kappa shape index (κ1) is 29.9. The summed E-state index contributed by atoms with van der Waals surface area (Å²) in [5.41, 5.74) is 7.70. The van der Waals surface area contributed by atoms with Crippen molar-refractivity contribution in [2.75, 3.05) is 26.8 Å². The van der Waals surface area contributed by atoms with Crippen LogP contribution in [0.15, 0.2) is 42.6 Å². The molecule has 4 aromatic rings. The number of methoxy groups -OCH3 is 1. The average molecular weight is 629 g/mol. The number of likely N-dealkylation sites (tertiary alicyclic amines) is 1. The largest absolute Gasteiger partial charge is 0.494 e.